The van der Waals surface area contributed by atoms with Crippen molar-refractivity contribution in [3.05, 3.63) is 48.2 Å². The highest BCUT2D eigenvalue weighted by Gasteiger charge is 2.14. The summed E-state index contributed by atoms with van der Waals surface area (Å²) in [6, 6.07) is 9.38. The highest BCUT2D eigenvalue weighted by molar-refractivity contribution is 7.89. The maximum atomic E-state index is 12.3. The van der Waals surface area contributed by atoms with E-state index >= 15 is 0 Å². The molecular weight excluding hydrogens is 342 g/mol. The van der Waals surface area contributed by atoms with Crippen molar-refractivity contribution in [1.29, 1.82) is 0 Å². The third-order valence-electron chi connectivity index (χ3n) is 3.31. The number of nitrogens with zero attached hydrogens (tertiary/aromatic N) is 2. The first-order valence-corrected chi connectivity index (χ1v) is 9.06. The second-order valence-corrected chi connectivity index (χ2v) is 7.23. The largest absolute Gasteiger partial charge is 0.363 e. The van der Waals surface area contributed by atoms with Gasteiger partial charge in [0.15, 0.2) is 0 Å². The van der Waals surface area contributed by atoms with E-state index in [0.717, 1.165) is 5.82 Å². The molecule has 0 unspecified atom stereocenters. The molecule has 134 valence electrons. The molecule has 0 aliphatic rings. The third kappa shape index (κ3) is 4.99. The van der Waals surface area contributed by atoms with Gasteiger partial charge >= 0.3 is 0 Å². The van der Waals surface area contributed by atoms with Crippen LogP contribution < -0.4 is 20.7 Å². The Hall–Kier alpha value is -2.49. The Morgan fingerprint density at radius 2 is 2.00 bits per heavy atom. The molecule has 2 aromatic rings. The highest BCUT2D eigenvalue weighted by atomic mass is 32.2. The predicted octanol–water partition coefficient (Wildman–Crippen LogP) is 0.637. The Balaban J connectivity index is 2.15. The van der Waals surface area contributed by atoms with E-state index in [1.54, 1.807) is 24.3 Å². The summed E-state index contributed by atoms with van der Waals surface area (Å²) in [7, 11) is 0.0481. The first-order valence-electron chi connectivity index (χ1n) is 7.58. The van der Waals surface area contributed by atoms with Gasteiger partial charge in [0, 0.05) is 39.1 Å². The summed E-state index contributed by atoms with van der Waals surface area (Å²) in [5.41, 5.74) is 6.06. The number of hydrogen-bond acceptors (Lipinski definition) is 6. The van der Waals surface area contributed by atoms with Crippen molar-refractivity contribution in [3.8, 4) is 0 Å². The summed E-state index contributed by atoms with van der Waals surface area (Å²) in [6.07, 6.45) is 1.47. The maximum absolute atomic E-state index is 12.3. The average Bonchev–Trinajstić information content (AvgIpc) is 2.60. The number of pyridine rings is 1. The van der Waals surface area contributed by atoms with Gasteiger partial charge in [0.25, 0.3) is 5.91 Å². The monoisotopic (exact) mass is 363 g/mol. The zero-order valence-corrected chi connectivity index (χ0v) is 14.9. The quantitative estimate of drug-likeness (QED) is 0.664. The molecule has 9 heteroatoms. The van der Waals surface area contributed by atoms with Gasteiger partial charge < -0.3 is 16.0 Å². The topological polar surface area (TPSA) is 117 Å². The number of rotatable bonds is 7. The van der Waals surface area contributed by atoms with E-state index in [9.17, 15) is 13.2 Å². The number of sulfonamides is 1. The number of aromatic nitrogens is 1. The smallest absolute Gasteiger partial charge is 0.257 e. The lowest BCUT2D eigenvalue weighted by atomic mass is 10.2. The number of carbonyl (C=O) groups is 1. The van der Waals surface area contributed by atoms with Gasteiger partial charge in [0.2, 0.25) is 10.0 Å². The predicted molar refractivity (Wildman–Crippen MR) is 97.2 cm³/mol. The number of amides is 1. The molecule has 4 N–H and O–H groups in total. The van der Waals surface area contributed by atoms with Crippen LogP contribution in [0.2, 0.25) is 0 Å². The summed E-state index contributed by atoms with van der Waals surface area (Å²) in [6.45, 7) is 0.342. The van der Waals surface area contributed by atoms with E-state index < -0.39 is 10.0 Å². The van der Waals surface area contributed by atoms with Gasteiger partial charge in [-0.1, -0.05) is 6.07 Å². The molecule has 1 aromatic carbocycles. The first kappa shape index (κ1) is 18.8. The van der Waals surface area contributed by atoms with Gasteiger partial charge in [-0.2, -0.15) is 0 Å². The van der Waals surface area contributed by atoms with E-state index in [0.29, 0.717) is 11.3 Å². The standard InChI is InChI=1S/C16H21N5O3S/c1-21(2)15-7-6-12(11-18-15)16(22)20-13-4-3-5-14(10-13)25(23,24)19-9-8-17/h3-7,10-11,19H,8-9,17H2,1-2H3,(H,20,22). The lowest BCUT2D eigenvalue weighted by Crippen LogP contribution is -2.29. The SMILES string of the molecule is CN(C)c1ccc(C(=O)Nc2cccc(S(=O)(=O)NCCN)c2)cn1. The van der Waals surface area contributed by atoms with Gasteiger partial charge in [-0.05, 0) is 30.3 Å². The molecule has 8 nitrogen and oxygen atoms in total. The average molecular weight is 363 g/mol. The Kier molecular flexibility index (Phi) is 6.07. The van der Waals surface area contributed by atoms with Crippen LogP contribution in [-0.2, 0) is 10.0 Å². The zero-order chi connectivity index (χ0) is 18.4. The van der Waals surface area contributed by atoms with Gasteiger partial charge in [-0.3, -0.25) is 4.79 Å². The van der Waals surface area contributed by atoms with Crippen molar-refractivity contribution in [2.24, 2.45) is 5.73 Å². The van der Waals surface area contributed by atoms with Crippen molar-refractivity contribution >= 4 is 27.4 Å². The van der Waals surface area contributed by atoms with Crippen LogP contribution in [0.3, 0.4) is 0 Å². The van der Waals surface area contributed by atoms with Gasteiger partial charge in [0.1, 0.15) is 5.82 Å². The number of nitrogens with two attached hydrogens (primary N) is 1. The van der Waals surface area contributed by atoms with Crippen LogP contribution in [0.25, 0.3) is 0 Å². The second-order valence-electron chi connectivity index (χ2n) is 5.47. The zero-order valence-electron chi connectivity index (χ0n) is 14.1. The minimum absolute atomic E-state index is 0.0554. The highest BCUT2D eigenvalue weighted by Crippen LogP contribution is 2.16. The molecule has 25 heavy (non-hydrogen) atoms. The van der Waals surface area contributed by atoms with Crippen molar-refractivity contribution in [2.45, 2.75) is 4.90 Å². The van der Waals surface area contributed by atoms with E-state index in [4.69, 9.17) is 5.73 Å². The number of nitrogens with one attached hydrogen (secondary N) is 2. The summed E-state index contributed by atoms with van der Waals surface area (Å²) >= 11 is 0. The summed E-state index contributed by atoms with van der Waals surface area (Å²) < 4.78 is 26.6. The summed E-state index contributed by atoms with van der Waals surface area (Å²) in [5, 5.41) is 2.67. The van der Waals surface area contributed by atoms with Gasteiger partial charge in [-0.15, -0.1) is 0 Å². The normalized spacial score (nSPS) is 11.2. The van der Waals surface area contributed by atoms with Crippen LogP contribution in [0.4, 0.5) is 11.5 Å². The van der Waals surface area contributed by atoms with Gasteiger partial charge in [-0.25, -0.2) is 18.1 Å². The van der Waals surface area contributed by atoms with E-state index in [1.807, 2.05) is 19.0 Å². The molecule has 0 spiro atoms. The molecule has 1 aromatic heterocycles. The van der Waals surface area contributed by atoms with Crippen molar-refractivity contribution < 1.29 is 13.2 Å². The van der Waals surface area contributed by atoms with E-state index in [2.05, 4.69) is 15.0 Å². The van der Waals surface area contributed by atoms with Crippen LogP contribution in [0.15, 0.2) is 47.5 Å². The van der Waals surface area contributed by atoms with Crippen LogP contribution in [0.1, 0.15) is 10.4 Å². The molecule has 0 atom stereocenters. The molecule has 0 fully saturated rings. The number of hydrogen-bond donors (Lipinski definition) is 3. The molecule has 0 saturated heterocycles. The van der Waals surface area contributed by atoms with Crippen molar-refractivity contribution in [3.63, 3.8) is 0 Å². The van der Waals surface area contributed by atoms with E-state index in [-0.39, 0.29) is 23.9 Å². The molecule has 0 bridgehead atoms. The number of benzene rings is 1. The van der Waals surface area contributed by atoms with Crippen molar-refractivity contribution in [1.82, 2.24) is 9.71 Å². The lowest BCUT2D eigenvalue weighted by molar-refractivity contribution is 0.102. The van der Waals surface area contributed by atoms with Gasteiger partial charge in [0.05, 0.1) is 10.5 Å². The second kappa shape index (κ2) is 8.06. The minimum Gasteiger partial charge on any atom is -0.363 e. The Morgan fingerprint density at radius 3 is 2.60 bits per heavy atom. The van der Waals surface area contributed by atoms with Crippen LogP contribution in [0, 0.1) is 0 Å². The Bertz CT molecular complexity index is 835. The van der Waals surface area contributed by atoms with E-state index in [1.165, 1.54) is 18.3 Å². The fourth-order valence-corrected chi connectivity index (χ4v) is 3.10. The van der Waals surface area contributed by atoms with Crippen molar-refractivity contribution in [2.75, 3.05) is 37.4 Å². The molecule has 0 saturated carbocycles. The molecule has 0 aliphatic carbocycles. The first-order chi connectivity index (χ1) is 11.8. The summed E-state index contributed by atoms with van der Waals surface area (Å²) in [4.78, 5) is 18.3. The Labute approximate surface area is 147 Å². The van der Waals surface area contributed by atoms with Crippen LogP contribution in [-0.4, -0.2) is 46.5 Å². The maximum Gasteiger partial charge on any atom is 0.257 e. The fourth-order valence-electron chi connectivity index (χ4n) is 2.01. The number of anilines is 2. The molecule has 0 radical (unpaired) electrons. The number of carbonyl (C=O) groups excluding carboxylic acids is 1. The Morgan fingerprint density at radius 1 is 1.24 bits per heavy atom. The minimum atomic E-state index is -3.66. The molecular formula is C16H21N5O3S. The molecule has 2 rings (SSSR count). The lowest BCUT2D eigenvalue weighted by Gasteiger charge is -2.12. The summed E-state index contributed by atoms with van der Waals surface area (Å²) in [5.74, 6) is 0.359. The fraction of sp³-hybridized carbons (Fsp3) is 0.250. The van der Waals surface area contributed by atoms with Crippen LogP contribution >= 0.6 is 0 Å². The molecule has 1 amide bonds. The van der Waals surface area contributed by atoms with Crippen LogP contribution in [0.5, 0.6) is 0 Å². The molecule has 1 heterocycles. The third-order valence-corrected chi connectivity index (χ3v) is 4.77. The molecule has 0 aliphatic heterocycles.